The predicted octanol–water partition coefficient (Wildman–Crippen LogP) is 1.60. The molecule has 0 saturated heterocycles. The van der Waals surface area contributed by atoms with E-state index in [1.807, 2.05) is 30.3 Å². The van der Waals surface area contributed by atoms with Gasteiger partial charge in [0.15, 0.2) is 0 Å². The van der Waals surface area contributed by atoms with Crippen molar-refractivity contribution in [3.05, 3.63) is 66.0 Å². The molecule has 2 aromatic rings. The number of nitrogens with one attached hydrogen (secondary N) is 1. The summed E-state index contributed by atoms with van der Waals surface area (Å²) in [7, 11) is 1.30. The van der Waals surface area contributed by atoms with Gasteiger partial charge in [0, 0.05) is 24.4 Å². The summed E-state index contributed by atoms with van der Waals surface area (Å²) >= 11 is 0. The van der Waals surface area contributed by atoms with E-state index >= 15 is 0 Å². The van der Waals surface area contributed by atoms with E-state index in [1.165, 1.54) is 19.5 Å². The number of benzene rings is 1. The number of rotatable bonds is 5. The Morgan fingerprint density at radius 2 is 1.81 bits per heavy atom. The number of hydrogen-bond acceptors (Lipinski definition) is 4. The van der Waals surface area contributed by atoms with Crippen LogP contribution in [0.15, 0.2) is 54.9 Å². The summed E-state index contributed by atoms with van der Waals surface area (Å²) in [6.45, 7) is 0. The quantitative estimate of drug-likeness (QED) is 0.847. The minimum Gasteiger partial charge on any atom is -0.467 e. The zero-order valence-electron chi connectivity index (χ0n) is 11.7. The largest absolute Gasteiger partial charge is 0.467 e. The molecule has 1 heterocycles. The molecule has 1 N–H and O–H groups in total. The number of ether oxygens (including phenoxy) is 1. The van der Waals surface area contributed by atoms with E-state index in [2.05, 4.69) is 10.3 Å². The summed E-state index contributed by atoms with van der Waals surface area (Å²) in [5, 5.41) is 2.69. The van der Waals surface area contributed by atoms with Crippen LogP contribution in [0.2, 0.25) is 0 Å². The van der Waals surface area contributed by atoms with Gasteiger partial charge in [-0.15, -0.1) is 0 Å². The summed E-state index contributed by atoms with van der Waals surface area (Å²) in [4.78, 5) is 27.8. The average molecular weight is 284 g/mol. The Bertz CT molecular complexity index is 599. The van der Waals surface area contributed by atoms with Crippen molar-refractivity contribution in [2.24, 2.45) is 0 Å². The fourth-order valence-corrected chi connectivity index (χ4v) is 1.93. The number of esters is 1. The van der Waals surface area contributed by atoms with E-state index in [0.29, 0.717) is 12.0 Å². The lowest BCUT2D eigenvalue weighted by Gasteiger charge is -2.16. The summed E-state index contributed by atoms with van der Waals surface area (Å²) in [5.74, 6) is -0.801. The zero-order valence-corrected chi connectivity index (χ0v) is 11.7. The number of nitrogens with zero attached hydrogens (tertiary/aromatic N) is 1. The van der Waals surface area contributed by atoms with Crippen LogP contribution in [0.25, 0.3) is 0 Å². The Morgan fingerprint density at radius 1 is 1.14 bits per heavy atom. The molecule has 2 rings (SSSR count). The molecule has 0 fully saturated rings. The van der Waals surface area contributed by atoms with Gasteiger partial charge in [-0.3, -0.25) is 9.78 Å². The summed E-state index contributed by atoms with van der Waals surface area (Å²) in [5.41, 5.74) is 1.40. The Kier molecular flexibility index (Phi) is 5.04. The van der Waals surface area contributed by atoms with Gasteiger partial charge in [0.05, 0.1) is 7.11 Å². The minimum atomic E-state index is -0.724. The molecule has 21 heavy (non-hydrogen) atoms. The molecule has 1 aromatic carbocycles. The van der Waals surface area contributed by atoms with Crippen LogP contribution in [0, 0.1) is 0 Å². The minimum absolute atomic E-state index is 0.330. The number of carbonyl (C=O) groups is 2. The Balaban J connectivity index is 2.10. The zero-order chi connectivity index (χ0) is 15.1. The van der Waals surface area contributed by atoms with Gasteiger partial charge < -0.3 is 10.1 Å². The van der Waals surface area contributed by atoms with E-state index in [4.69, 9.17) is 4.74 Å². The van der Waals surface area contributed by atoms with Crippen molar-refractivity contribution in [3.63, 3.8) is 0 Å². The number of pyridine rings is 1. The Labute approximate surface area is 123 Å². The molecule has 5 heteroatoms. The van der Waals surface area contributed by atoms with Gasteiger partial charge in [0.2, 0.25) is 0 Å². The van der Waals surface area contributed by atoms with Crippen LogP contribution in [0.4, 0.5) is 0 Å². The molecule has 1 aromatic heterocycles. The highest BCUT2D eigenvalue weighted by Gasteiger charge is 2.22. The van der Waals surface area contributed by atoms with Crippen LogP contribution in [-0.2, 0) is 16.0 Å². The molecule has 1 amide bonds. The highest BCUT2D eigenvalue weighted by Crippen LogP contribution is 2.06. The van der Waals surface area contributed by atoms with Gasteiger partial charge in [0.25, 0.3) is 5.91 Å². The number of aromatic nitrogens is 1. The third kappa shape index (κ3) is 4.14. The Morgan fingerprint density at radius 3 is 2.43 bits per heavy atom. The highest BCUT2D eigenvalue weighted by molar-refractivity contribution is 5.96. The fraction of sp³-hybridized carbons (Fsp3) is 0.188. The summed E-state index contributed by atoms with van der Waals surface area (Å²) < 4.78 is 4.76. The first-order valence-electron chi connectivity index (χ1n) is 6.53. The predicted molar refractivity (Wildman–Crippen MR) is 77.7 cm³/mol. The van der Waals surface area contributed by atoms with E-state index in [1.54, 1.807) is 12.1 Å². The third-order valence-corrected chi connectivity index (χ3v) is 3.02. The van der Waals surface area contributed by atoms with Crippen molar-refractivity contribution in [2.45, 2.75) is 12.5 Å². The normalized spacial score (nSPS) is 11.5. The van der Waals surface area contributed by atoms with E-state index in [-0.39, 0.29) is 5.91 Å². The van der Waals surface area contributed by atoms with Crippen LogP contribution in [0.3, 0.4) is 0 Å². The average Bonchev–Trinajstić information content (AvgIpc) is 2.55. The number of amides is 1. The lowest BCUT2D eigenvalue weighted by Crippen LogP contribution is -2.43. The third-order valence-electron chi connectivity index (χ3n) is 3.02. The molecule has 5 nitrogen and oxygen atoms in total. The Hall–Kier alpha value is -2.69. The van der Waals surface area contributed by atoms with Crippen LogP contribution >= 0.6 is 0 Å². The standard InChI is InChI=1S/C16H16N2O3/c1-21-16(20)14(11-12-5-3-2-4-6-12)18-15(19)13-7-9-17-10-8-13/h2-10,14H,11H2,1H3,(H,18,19)/t14-/m0/s1. The fourth-order valence-electron chi connectivity index (χ4n) is 1.93. The smallest absolute Gasteiger partial charge is 0.328 e. The van der Waals surface area contributed by atoms with Crippen LogP contribution in [0.5, 0.6) is 0 Å². The van der Waals surface area contributed by atoms with Gasteiger partial charge in [0.1, 0.15) is 6.04 Å². The van der Waals surface area contributed by atoms with Gasteiger partial charge in [-0.2, -0.15) is 0 Å². The number of carbonyl (C=O) groups excluding carboxylic acids is 2. The SMILES string of the molecule is COC(=O)[C@H](Cc1ccccc1)NC(=O)c1ccncc1. The molecular formula is C16H16N2O3. The van der Waals surface area contributed by atoms with Crippen LogP contribution in [0.1, 0.15) is 15.9 Å². The van der Waals surface area contributed by atoms with Crippen LogP contribution < -0.4 is 5.32 Å². The van der Waals surface area contributed by atoms with Gasteiger partial charge in [-0.1, -0.05) is 30.3 Å². The second-order valence-electron chi connectivity index (χ2n) is 4.47. The van der Waals surface area contributed by atoms with Crippen molar-refractivity contribution >= 4 is 11.9 Å². The first-order chi connectivity index (χ1) is 10.2. The molecule has 108 valence electrons. The molecule has 0 saturated carbocycles. The molecule has 0 bridgehead atoms. The molecule has 0 radical (unpaired) electrons. The molecular weight excluding hydrogens is 268 g/mol. The van der Waals surface area contributed by atoms with Crippen molar-refractivity contribution in [1.29, 1.82) is 0 Å². The first kappa shape index (κ1) is 14.7. The number of methoxy groups -OCH3 is 1. The lowest BCUT2D eigenvalue weighted by atomic mass is 10.1. The van der Waals surface area contributed by atoms with Crippen molar-refractivity contribution < 1.29 is 14.3 Å². The van der Waals surface area contributed by atoms with Gasteiger partial charge in [-0.25, -0.2) is 4.79 Å². The van der Waals surface area contributed by atoms with Gasteiger partial charge >= 0.3 is 5.97 Å². The van der Waals surface area contributed by atoms with E-state index in [9.17, 15) is 9.59 Å². The molecule has 0 unspecified atom stereocenters. The molecule has 0 spiro atoms. The second-order valence-corrected chi connectivity index (χ2v) is 4.47. The van der Waals surface area contributed by atoms with Crippen molar-refractivity contribution in [2.75, 3.05) is 7.11 Å². The summed E-state index contributed by atoms with van der Waals surface area (Å²) in [6, 6.07) is 11.9. The molecule has 0 aliphatic rings. The highest BCUT2D eigenvalue weighted by atomic mass is 16.5. The van der Waals surface area contributed by atoms with Gasteiger partial charge in [-0.05, 0) is 17.7 Å². The van der Waals surface area contributed by atoms with Crippen LogP contribution in [-0.4, -0.2) is 30.0 Å². The van der Waals surface area contributed by atoms with E-state index in [0.717, 1.165) is 5.56 Å². The van der Waals surface area contributed by atoms with Crippen molar-refractivity contribution in [3.8, 4) is 0 Å². The monoisotopic (exact) mass is 284 g/mol. The maximum Gasteiger partial charge on any atom is 0.328 e. The lowest BCUT2D eigenvalue weighted by molar-refractivity contribution is -0.142. The van der Waals surface area contributed by atoms with E-state index < -0.39 is 12.0 Å². The second kappa shape index (κ2) is 7.19. The maximum atomic E-state index is 12.1. The molecule has 0 aliphatic heterocycles. The molecule has 1 atom stereocenters. The maximum absolute atomic E-state index is 12.1. The first-order valence-corrected chi connectivity index (χ1v) is 6.53. The number of hydrogen-bond donors (Lipinski definition) is 1. The topological polar surface area (TPSA) is 68.3 Å². The van der Waals surface area contributed by atoms with Crippen molar-refractivity contribution in [1.82, 2.24) is 10.3 Å². The summed E-state index contributed by atoms with van der Waals surface area (Å²) in [6.07, 6.45) is 3.43. The molecule has 0 aliphatic carbocycles.